The van der Waals surface area contributed by atoms with E-state index in [2.05, 4.69) is 59.1 Å². The van der Waals surface area contributed by atoms with E-state index in [1.807, 2.05) is 0 Å². The van der Waals surface area contributed by atoms with Gasteiger partial charge in [-0.05, 0) is 55.1 Å². The minimum Gasteiger partial charge on any atom is -0.306 e. The van der Waals surface area contributed by atoms with Crippen molar-refractivity contribution in [3.05, 3.63) is 63.1 Å². The van der Waals surface area contributed by atoms with E-state index in [1.165, 1.54) is 17.3 Å². The summed E-state index contributed by atoms with van der Waals surface area (Å²) in [6.07, 6.45) is 3.98. The zero-order chi connectivity index (χ0) is 15.4. The second-order valence-corrected chi connectivity index (χ2v) is 6.09. The molecule has 0 aliphatic carbocycles. The maximum atomic E-state index is 13.5. The smallest absolute Gasteiger partial charge is 0.141 e. The molecule has 0 spiro atoms. The molecule has 0 aliphatic rings. The van der Waals surface area contributed by atoms with E-state index in [1.54, 1.807) is 12.3 Å². The van der Waals surface area contributed by atoms with Crippen LogP contribution in [0.5, 0.6) is 0 Å². The predicted octanol–water partition coefficient (Wildman–Crippen LogP) is 4.69. The Morgan fingerprint density at radius 3 is 2.38 bits per heavy atom. The van der Waals surface area contributed by atoms with E-state index in [4.69, 9.17) is 0 Å². The van der Waals surface area contributed by atoms with Crippen LogP contribution in [0.15, 0.2) is 35.1 Å². The van der Waals surface area contributed by atoms with Gasteiger partial charge in [0.2, 0.25) is 0 Å². The Bertz CT molecular complexity index is 605. The van der Waals surface area contributed by atoms with Crippen LogP contribution in [0.1, 0.15) is 41.6 Å². The molecule has 2 nitrogen and oxygen atoms in total. The Morgan fingerprint density at radius 1 is 1.14 bits per heavy atom. The SMILES string of the molecule is CCCNC(c1cncc(F)c1)c1cc(C)c(Br)c(C)c1. The van der Waals surface area contributed by atoms with Crippen molar-refractivity contribution in [2.45, 2.75) is 33.2 Å². The molecule has 1 unspecified atom stereocenters. The number of benzene rings is 1. The van der Waals surface area contributed by atoms with Crippen LogP contribution in [0, 0.1) is 19.7 Å². The first-order valence-electron chi connectivity index (χ1n) is 7.13. The highest BCUT2D eigenvalue weighted by Crippen LogP contribution is 2.29. The Labute approximate surface area is 133 Å². The normalized spacial score (nSPS) is 12.4. The van der Waals surface area contributed by atoms with Gasteiger partial charge < -0.3 is 5.32 Å². The number of aryl methyl sites for hydroxylation is 2. The molecule has 2 aromatic rings. The topological polar surface area (TPSA) is 24.9 Å². The fourth-order valence-electron chi connectivity index (χ4n) is 2.45. The molecular formula is C17H20BrFN2. The zero-order valence-corrected chi connectivity index (χ0v) is 14.2. The molecule has 1 aromatic carbocycles. The van der Waals surface area contributed by atoms with E-state index >= 15 is 0 Å². The minimum absolute atomic E-state index is 0.0429. The summed E-state index contributed by atoms with van der Waals surface area (Å²) in [5.41, 5.74) is 4.34. The fraction of sp³-hybridized carbons (Fsp3) is 0.353. The number of aromatic nitrogens is 1. The summed E-state index contributed by atoms with van der Waals surface area (Å²) in [5, 5.41) is 3.48. The molecule has 0 amide bonds. The maximum absolute atomic E-state index is 13.5. The molecule has 1 aromatic heterocycles. The summed E-state index contributed by atoms with van der Waals surface area (Å²) in [4.78, 5) is 3.98. The molecule has 0 aliphatic heterocycles. The quantitative estimate of drug-likeness (QED) is 0.845. The van der Waals surface area contributed by atoms with Crippen LogP contribution in [0.3, 0.4) is 0 Å². The molecule has 4 heteroatoms. The van der Waals surface area contributed by atoms with Crippen LogP contribution in [-0.4, -0.2) is 11.5 Å². The first-order valence-corrected chi connectivity index (χ1v) is 7.92. The second kappa shape index (κ2) is 7.14. The zero-order valence-electron chi connectivity index (χ0n) is 12.6. The molecule has 21 heavy (non-hydrogen) atoms. The standard InChI is InChI=1S/C17H20BrFN2/c1-4-5-21-17(14-8-15(19)10-20-9-14)13-6-11(2)16(18)12(3)7-13/h6-10,17,21H,4-5H2,1-3H3. The van der Waals surface area contributed by atoms with E-state index in [9.17, 15) is 4.39 Å². The Morgan fingerprint density at radius 2 is 1.81 bits per heavy atom. The lowest BCUT2D eigenvalue weighted by Gasteiger charge is -2.21. The Hall–Kier alpha value is -1.26. The predicted molar refractivity (Wildman–Crippen MR) is 87.9 cm³/mol. The number of rotatable bonds is 5. The molecular weight excluding hydrogens is 331 g/mol. The summed E-state index contributed by atoms with van der Waals surface area (Å²) in [6, 6.07) is 5.77. The van der Waals surface area contributed by atoms with Crippen molar-refractivity contribution in [2.24, 2.45) is 0 Å². The van der Waals surface area contributed by atoms with Crippen LogP contribution < -0.4 is 5.32 Å². The number of hydrogen-bond acceptors (Lipinski definition) is 2. The van der Waals surface area contributed by atoms with Crippen molar-refractivity contribution in [1.29, 1.82) is 0 Å². The first-order chi connectivity index (χ1) is 10.0. The highest BCUT2D eigenvalue weighted by molar-refractivity contribution is 9.10. The number of hydrogen-bond donors (Lipinski definition) is 1. The van der Waals surface area contributed by atoms with Gasteiger partial charge in [-0.3, -0.25) is 4.98 Å². The third-order valence-corrected chi connectivity index (χ3v) is 4.70. The van der Waals surface area contributed by atoms with Crippen molar-refractivity contribution in [1.82, 2.24) is 10.3 Å². The van der Waals surface area contributed by atoms with Gasteiger partial charge in [-0.2, -0.15) is 0 Å². The van der Waals surface area contributed by atoms with Gasteiger partial charge in [0.05, 0.1) is 12.2 Å². The van der Waals surface area contributed by atoms with Crippen molar-refractivity contribution in [2.75, 3.05) is 6.54 Å². The third-order valence-electron chi connectivity index (χ3n) is 3.45. The number of nitrogens with one attached hydrogen (secondary N) is 1. The van der Waals surface area contributed by atoms with Crippen molar-refractivity contribution in [3.63, 3.8) is 0 Å². The molecule has 1 N–H and O–H groups in total. The number of halogens is 2. The summed E-state index contributed by atoms with van der Waals surface area (Å²) >= 11 is 3.59. The van der Waals surface area contributed by atoms with Crippen molar-refractivity contribution in [3.8, 4) is 0 Å². The minimum atomic E-state index is -0.304. The van der Waals surface area contributed by atoms with E-state index in [-0.39, 0.29) is 11.9 Å². The van der Waals surface area contributed by atoms with Gasteiger partial charge in [-0.1, -0.05) is 35.0 Å². The lowest BCUT2D eigenvalue weighted by atomic mass is 9.96. The lowest BCUT2D eigenvalue weighted by Crippen LogP contribution is -2.23. The number of pyridine rings is 1. The van der Waals surface area contributed by atoms with E-state index in [0.29, 0.717) is 0 Å². The molecule has 0 saturated heterocycles. The first kappa shape index (κ1) is 16.1. The second-order valence-electron chi connectivity index (χ2n) is 5.29. The van der Waals surface area contributed by atoms with Crippen LogP contribution in [0.2, 0.25) is 0 Å². The van der Waals surface area contributed by atoms with Gasteiger partial charge in [0.25, 0.3) is 0 Å². The number of nitrogens with zero attached hydrogens (tertiary/aromatic N) is 1. The Balaban J connectivity index is 2.45. The van der Waals surface area contributed by atoms with Crippen LogP contribution in [-0.2, 0) is 0 Å². The van der Waals surface area contributed by atoms with Crippen LogP contribution >= 0.6 is 15.9 Å². The highest BCUT2D eigenvalue weighted by atomic mass is 79.9. The average molecular weight is 351 g/mol. The molecule has 1 atom stereocenters. The maximum Gasteiger partial charge on any atom is 0.141 e. The molecule has 0 saturated carbocycles. The van der Waals surface area contributed by atoms with Gasteiger partial charge in [0, 0.05) is 10.7 Å². The summed E-state index contributed by atoms with van der Waals surface area (Å²) in [5.74, 6) is -0.304. The third kappa shape index (κ3) is 3.89. The van der Waals surface area contributed by atoms with Gasteiger partial charge in [-0.15, -0.1) is 0 Å². The Kier molecular flexibility index (Phi) is 5.48. The van der Waals surface area contributed by atoms with E-state index in [0.717, 1.165) is 28.6 Å². The van der Waals surface area contributed by atoms with Gasteiger partial charge in [0.1, 0.15) is 5.82 Å². The van der Waals surface area contributed by atoms with Crippen molar-refractivity contribution >= 4 is 15.9 Å². The molecule has 112 valence electrons. The molecule has 1 heterocycles. The van der Waals surface area contributed by atoms with Gasteiger partial charge in [-0.25, -0.2) is 4.39 Å². The summed E-state index contributed by atoms with van der Waals surface area (Å²) in [6.45, 7) is 7.13. The fourth-order valence-corrected chi connectivity index (χ4v) is 2.68. The lowest BCUT2D eigenvalue weighted by molar-refractivity contribution is 0.580. The monoisotopic (exact) mass is 350 g/mol. The summed E-state index contributed by atoms with van der Waals surface area (Å²) in [7, 11) is 0. The van der Waals surface area contributed by atoms with Gasteiger partial charge >= 0.3 is 0 Å². The summed E-state index contributed by atoms with van der Waals surface area (Å²) < 4.78 is 14.6. The van der Waals surface area contributed by atoms with Crippen LogP contribution in [0.4, 0.5) is 4.39 Å². The van der Waals surface area contributed by atoms with E-state index < -0.39 is 0 Å². The highest BCUT2D eigenvalue weighted by Gasteiger charge is 2.16. The molecule has 0 bridgehead atoms. The van der Waals surface area contributed by atoms with Crippen LogP contribution in [0.25, 0.3) is 0 Å². The van der Waals surface area contributed by atoms with Crippen molar-refractivity contribution < 1.29 is 4.39 Å². The largest absolute Gasteiger partial charge is 0.306 e. The molecule has 2 rings (SSSR count). The molecule has 0 fully saturated rings. The molecule has 0 radical (unpaired) electrons. The average Bonchev–Trinajstić information content (AvgIpc) is 2.45. The van der Waals surface area contributed by atoms with Gasteiger partial charge in [0.15, 0.2) is 0 Å².